The molecule has 0 saturated carbocycles. The summed E-state index contributed by atoms with van der Waals surface area (Å²) in [6.07, 6.45) is 3.71. The third-order valence-electron chi connectivity index (χ3n) is 5.52. The Morgan fingerprint density at radius 2 is 1.53 bits per heavy atom. The lowest BCUT2D eigenvalue weighted by atomic mass is 10.0. The molecule has 2 rings (SSSR count). The number of carbonyl (C=O) groups is 3. The highest BCUT2D eigenvalue weighted by Gasteiger charge is 2.42. The van der Waals surface area contributed by atoms with E-state index in [-0.39, 0.29) is 29.9 Å². The Morgan fingerprint density at radius 3 is 2.21 bits per heavy atom. The number of carbonyl (C=O) groups excluding carboxylic acids is 3. The van der Waals surface area contributed by atoms with Crippen molar-refractivity contribution >= 4 is 29.6 Å². The summed E-state index contributed by atoms with van der Waals surface area (Å²) in [5.41, 5.74) is 0. The smallest absolute Gasteiger partial charge is 0.315 e. The fourth-order valence-electron chi connectivity index (χ4n) is 3.68. The van der Waals surface area contributed by atoms with Crippen LogP contribution in [0.2, 0.25) is 0 Å². The van der Waals surface area contributed by atoms with E-state index in [0.29, 0.717) is 77.5 Å². The van der Waals surface area contributed by atoms with E-state index in [9.17, 15) is 14.4 Å². The van der Waals surface area contributed by atoms with E-state index in [1.807, 2.05) is 11.8 Å². The number of thioether (sulfide) groups is 1. The molecule has 0 spiro atoms. The Kier molecular flexibility index (Phi) is 15.0. The normalized spacial score (nSPS) is 21.1. The van der Waals surface area contributed by atoms with Gasteiger partial charge >= 0.3 is 6.03 Å². The average Bonchev–Trinajstić information content (AvgIpc) is 3.38. The lowest BCUT2D eigenvalue weighted by molar-refractivity contribution is -0.122. The van der Waals surface area contributed by atoms with Gasteiger partial charge in [-0.25, -0.2) is 4.79 Å². The van der Waals surface area contributed by atoms with Crippen LogP contribution in [0.5, 0.6) is 0 Å². The number of nitrogens with one attached hydrogen (secondary N) is 4. The SMILES string of the molecule is CNC(=O)CCOCCOCCOCCOCCNC(=O)CCCCC1SCC2NC(=O)NC21. The molecule has 2 aliphatic heterocycles. The van der Waals surface area contributed by atoms with Crippen LogP contribution in [0, 0.1) is 0 Å². The highest BCUT2D eigenvalue weighted by Crippen LogP contribution is 2.33. The van der Waals surface area contributed by atoms with Crippen LogP contribution in [0.3, 0.4) is 0 Å². The van der Waals surface area contributed by atoms with Gasteiger partial charge in [0.05, 0.1) is 64.9 Å². The van der Waals surface area contributed by atoms with E-state index >= 15 is 0 Å². The molecule has 4 N–H and O–H groups in total. The number of fused-ring (bicyclic) bond motifs is 1. The quantitative estimate of drug-likeness (QED) is 0.135. The first kappa shape index (κ1) is 28.6. The number of urea groups is 1. The lowest BCUT2D eigenvalue weighted by Crippen LogP contribution is -2.36. The molecule has 2 saturated heterocycles. The molecule has 3 atom stereocenters. The topological polar surface area (TPSA) is 136 Å². The van der Waals surface area contributed by atoms with E-state index in [1.54, 1.807) is 7.05 Å². The summed E-state index contributed by atoms with van der Waals surface area (Å²) >= 11 is 1.90. The van der Waals surface area contributed by atoms with Crippen molar-refractivity contribution in [1.82, 2.24) is 21.3 Å². The van der Waals surface area contributed by atoms with Crippen LogP contribution in [-0.4, -0.2) is 107 Å². The van der Waals surface area contributed by atoms with Gasteiger partial charge in [0.25, 0.3) is 0 Å². The van der Waals surface area contributed by atoms with Gasteiger partial charge < -0.3 is 40.2 Å². The van der Waals surface area contributed by atoms with Crippen LogP contribution in [0.1, 0.15) is 32.1 Å². The number of rotatable bonds is 20. The molecule has 2 heterocycles. The van der Waals surface area contributed by atoms with Gasteiger partial charge in [0.1, 0.15) is 0 Å². The minimum atomic E-state index is -0.0589. The van der Waals surface area contributed by atoms with E-state index < -0.39 is 0 Å². The van der Waals surface area contributed by atoms with Gasteiger partial charge in [-0.1, -0.05) is 6.42 Å². The number of ether oxygens (including phenoxy) is 4. The molecule has 0 radical (unpaired) electrons. The minimum absolute atomic E-state index is 0.0397. The Hall–Kier alpha value is -1.60. The Morgan fingerprint density at radius 1 is 0.882 bits per heavy atom. The molecule has 196 valence electrons. The highest BCUT2D eigenvalue weighted by atomic mass is 32.2. The molecule has 2 fully saturated rings. The zero-order valence-electron chi connectivity index (χ0n) is 20.1. The second kappa shape index (κ2) is 17.8. The number of amides is 4. The summed E-state index contributed by atoms with van der Waals surface area (Å²) in [6.45, 7) is 4.12. The van der Waals surface area contributed by atoms with Gasteiger partial charge in [-0.15, -0.1) is 0 Å². The Bertz CT molecular complexity index is 614. The van der Waals surface area contributed by atoms with Crippen molar-refractivity contribution in [3.05, 3.63) is 0 Å². The highest BCUT2D eigenvalue weighted by molar-refractivity contribution is 8.00. The van der Waals surface area contributed by atoms with Gasteiger partial charge in [0.2, 0.25) is 11.8 Å². The van der Waals surface area contributed by atoms with E-state index in [2.05, 4.69) is 21.3 Å². The number of hydrogen-bond donors (Lipinski definition) is 4. The molecular weight excluding hydrogens is 464 g/mol. The maximum atomic E-state index is 11.9. The molecular formula is C22H40N4O7S. The molecule has 0 aromatic heterocycles. The molecule has 0 aromatic carbocycles. The predicted octanol–water partition coefficient (Wildman–Crippen LogP) is 0.0309. The van der Waals surface area contributed by atoms with Crippen molar-refractivity contribution < 1.29 is 33.3 Å². The van der Waals surface area contributed by atoms with Gasteiger partial charge in [-0.05, 0) is 12.8 Å². The fourth-order valence-corrected chi connectivity index (χ4v) is 5.22. The first-order valence-corrected chi connectivity index (χ1v) is 13.1. The minimum Gasteiger partial charge on any atom is -0.379 e. The largest absolute Gasteiger partial charge is 0.379 e. The van der Waals surface area contributed by atoms with Crippen LogP contribution in [0.25, 0.3) is 0 Å². The second-order valence-corrected chi connectivity index (χ2v) is 9.36. The van der Waals surface area contributed by atoms with E-state index in [0.717, 1.165) is 25.0 Å². The molecule has 12 heteroatoms. The summed E-state index contributed by atoms with van der Waals surface area (Å²) in [5, 5.41) is 11.8. The van der Waals surface area contributed by atoms with Crippen LogP contribution >= 0.6 is 11.8 Å². The number of hydrogen-bond acceptors (Lipinski definition) is 8. The molecule has 3 unspecified atom stereocenters. The molecule has 2 aliphatic rings. The van der Waals surface area contributed by atoms with Crippen molar-refractivity contribution in [1.29, 1.82) is 0 Å². The van der Waals surface area contributed by atoms with Crippen molar-refractivity contribution in [2.24, 2.45) is 0 Å². The van der Waals surface area contributed by atoms with Crippen LogP contribution in [-0.2, 0) is 28.5 Å². The summed E-state index contributed by atoms with van der Waals surface area (Å²) in [4.78, 5) is 34.3. The van der Waals surface area contributed by atoms with E-state index in [1.165, 1.54) is 0 Å². The predicted molar refractivity (Wildman–Crippen MR) is 129 cm³/mol. The van der Waals surface area contributed by atoms with Crippen molar-refractivity contribution in [2.75, 3.05) is 72.2 Å². The molecule has 4 amide bonds. The summed E-state index contributed by atoms with van der Waals surface area (Å²) in [6, 6.07) is 0.422. The maximum absolute atomic E-state index is 11.9. The molecule has 11 nitrogen and oxygen atoms in total. The maximum Gasteiger partial charge on any atom is 0.315 e. The van der Waals surface area contributed by atoms with Gasteiger partial charge in [-0.2, -0.15) is 11.8 Å². The third kappa shape index (κ3) is 12.2. The van der Waals surface area contributed by atoms with Crippen molar-refractivity contribution in [3.63, 3.8) is 0 Å². The summed E-state index contributed by atoms with van der Waals surface area (Å²) < 4.78 is 21.5. The van der Waals surface area contributed by atoms with Gasteiger partial charge in [0.15, 0.2) is 0 Å². The zero-order chi connectivity index (χ0) is 24.4. The first-order chi connectivity index (χ1) is 16.6. The van der Waals surface area contributed by atoms with Crippen LogP contribution < -0.4 is 21.3 Å². The molecule has 0 bridgehead atoms. The monoisotopic (exact) mass is 504 g/mol. The average molecular weight is 505 g/mol. The second-order valence-electron chi connectivity index (χ2n) is 8.09. The van der Waals surface area contributed by atoms with Crippen LogP contribution in [0.4, 0.5) is 4.79 Å². The lowest BCUT2D eigenvalue weighted by Gasteiger charge is -2.16. The first-order valence-electron chi connectivity index (χ1n) is 12.1. The molecule has 0 aromatic rings. The summed E-state index contributed by atoms with van der Waals surface area (Å²) in [7, 11) is 1.60. The van der Waals surface area contributed by atoms with Gasteiger partial charge in [0, 0.05) is 37.4 Å². The van der Waals surface area contributed by atoms with Crippen molar-refractivity contribution in [3.8, 4) is 0 Å². The molecule has 0 aliphatic carbocycles. The number of unbranched alkanes of at least 4 members (excludes halogenated alkanes) is 1. The summed E-state index contributed by atoms with van der Waals surface area (Å²) in [5.74, 6) is 0.968. The third-order valence-corrected chi connectivity index (χ3v) is 7.03. The Balaban J connectivity index is 1.27. The van der Waals surface area contributed by atoms with E-state index in [4.69, 9.17) is 18.9 Å². The standard InChI is InChI=1S/C22H40N4O7S/c1-23-19(27)6-8-30-10-12-32-14-15-33-13-11-31-9-7-24-20(28)5-3-2-4-18-21-17(16-34-18)25-22(29)26-21/h17-18,21H,2-16H2,1H3,(H,23,27)(H,24,28)(H2,25,26,29). The Labute approximate surface area is 206 Å². The van der Waals surface area contributed by atoms with Crippen molar-refractivity contribution in [2.45, 2.75) is 49.4 Å². The van der Waals surface area contributed by atoms with Gasteiger partial charge in [-0.3, -0.25) is 9.59 Å². The molecule has 34 heavy (non-hydrogen) atoms. The zero-order valence-corrected chi connectivity index (χ0v) is 20.9. The fraction of sp³-hybridized carbons (Fsp3) is 0.864. The van der Waals surface area contributed by atoms with Crippen LogP contribution in [0.15, 0.2) is 0 Å².